The van der Waals surface area contributed by atoms with Crippen LogP contribution in [-0.2, 0) is 0 Å². The molecule has 0 spiro atoms. The molecule has 0 aliphatic rings. The standard InChI is InChI=1S/C8H8F2N2O2/c1-3-6(8(11)14)4(7(9)10)2-5(13)12-3/h2,7H,1H3,(H2,11,14)(H,12,13). The molecule has 14 heavy (non-hydrogen) atoms. The first-order valence-corrected chi connectivity index (χ1v) is 3.75. The van der Waals surface area contributed by atoms with Crippen molar-refractivity contribution >= 4 is 5.91 Å². The van der Waals surface area contributed by atoms with Crippen LogP contribution in [0.1, 0.15) is 28.0 Å². The molecule has 0 saturated carbocycles. The number of rotatable bonds is 2. The van der Waals surface area contributed by atoms with Gasteiger partial charge in [-0.25, -0.2) is 8.78 Å². The summed E-state index contributed by atoms with van der Waals surface area (Å²) >= 11 is 0. The van der Waals surface area contributed by atoms with E-state index in [1.54, 1.807) is 0 Å². The van der Waals surface area contributed by atoms with E-state index >= 15 is 0 Å². The first-order chi connectivity index (χ1) is 6.43. The molecule has 4 nitrogen and oxygen atoms in total. The highest BCUT2D eigenvalue weighted by molar-refractivity contribution is 5.95. The zero-order valence-corrected chi connectivity index (χ0v) is 7.30. The van der Waals surface area contributed by atoms with Crippen LogP contribution >= 0.6 is 0 Å². The second-order valence-electron chi connectivity index (χ2n) is 2.75. The summed E-state index contributed by atoms with van der Waals surface area (Å²) in [6.07, 6.45) is -2.89. The molecule has 0 radical (unpaired) electrons. The summed E-state index contributed by atoms with van der Waals surface area (Å²) in [5.41, 5.74) is 3.34. The lowest BCUT2D eigenvalue weighted by molar-refractivity contribution is 0.0984. The Morgan fingerprint density at radius 3 is 2.57 bits per heavy atom. The maximum atomic E-state index is 12.4. The molecule has 3 N–H and O–H groups in total. The van der Waals surface area contributed by atoms with Crippen molar-refractivity contribution in [3.8, 4) is 0 Å². The van der Waals surface area contributed by atoms with Gasteiger partial charge < -0.3 is 10.7 Å². The zero-order valence-electron chi connectivity index (χ0n) is 7.30. The van der Waals surface area contributed by atoms with Crippen molar-refractivity contribution in [3.63, 3.8) is 0 Å². The summed E-state index contributed by atoms with van der Waals surface area (Å²) in [7, 11) is 0. The lowest BCUT2D eigenvalue weighted by atomic mass is 10.1. The van der Waals surface area contributed by atoms with Gasteiger partial charge in [0.1, 0.15) is 0 Å². The Bertz CT molecular complexity index is 426. The number of pyridine rings is 1. The predicted molar refractivity (Wildman–Crippen MR) is 45.3 cm³/mol. The number of hydrogen-bond donors (Lipinski definition) is 2. The molecule has 1 aromatic rings. The molecule has 0 aliphatic heterocycles. The summed E-state index contributed by atoms with van der Waals surface area (Å²) in [5, 5.41) is 0. The highest BCUT2D eigenvalue weighted by Crippen LogP contribution is 2.22. The quantitative estimate of drug-likeness (QED) is 0.741. The Kier molecular flexibility index (Phi) is 2.64. The van der Waals surface area contributed by atoms with Crippen LogP contribution in [0.3, 0.4) is 0 Å². The number of primary amides is 1. The Labute approximate surface area is 77.7 Å². The lowest BCUT2D eigenvalue weighted by Crippen LogP contribution is -2.21. The molecule has 1 rings (SSSR count). The number of halogens is 2. The SMILES string of the molecule is Cc1[nH]c(=O)cc(C(F)F)c1C(N)=O. The summed E-state index contributed by atoms with van der Waals surface area (Å²) < 4.78 is 24.8. The number of carbonyl (C=O) groups is 1. The zero-order chi connectivity index (χ0) is 10.9. The van der Waals surface area contributed by atoms with Gasteiger partial charge in [-0.1, -0.05) is 0 Å². The van der Waals surface area contributed by atoms with Gasteiger partial charge in [0, 0.05) is 17.3 Å². The minimum atomic E-state index is -2.89. The fourth-order valence-electron chi connectivity index (χ4n) is 1.21. The summed E-state index contributed by atoms with van der Waals surface area (Å²) in [5.74, 6) is -0.978. The maximum Gasteiger partial charge on any atom is 0.264 e. The molecule has 0 unspecified atom stereocenters. The van der Waals surface area contributed by atoms with Crippen molar-refractivity contribution in [1.29, 1.82) is 0 Å². The molecule has 0 bridgehead atoms. The van der Waals surface area contributed by atoms with Gasteiger partial charge in [-0.3, -0.25) is 9.59 Å². The lowest BCUT2D eigenvalue weighted by Gasteiger charge is -2.07. The van der Waals surface area contributed by atoms with Gasteiger partial charge in [0.2, 0.25) is 5.56 Å². The number of H-pyrrole nitrogens is 1. The number of hydrogen-bond acceptors (Lipinski definition) is 2. The highest BCUT2D eigenvalue weighted by atomic mass is 19.3. The van der Waals surface area contributed by atoms with Crippen LogP contribution in [0.4, 0.5) is 8.78 Å². The monoisotopic (exact) mass is 202 g/mol. The van der Waals surface area contributed by atoms with Crippen LogP contribution in [0.15, 0.2) is 10.9 Å². The van der Waals surface area contributed by atoms with Crippen LogP contribution in [0, 0.1) is 6.92 Å². The van der Waals surface area contributed by atoms with Gasteiger partial charge in [0.25, 0.3) is 12.3 Å². The van der Waals surface area contributed by atoms with E-state index in [0.717, 1.165) is 0 Å². The molecule has 1 heterocycles. The third kappa shape index (κ3) is 1.78. The molecule has 0 aromatic carbocycles. The molecule has 0 fully saturated rings. The van der Waals surface area contributed by atoms with Crippen LogP contribution in [-0.4, -0.2) is 10.9 Å². The van der Waals surface area contributed by atoms with Crippen LogP contribution in [0.2, 0.25) is 0 Å². The molecule has 0 saturated heterocycles. The normalized spacial score (nSPS) is 10.6. The summed E-state index contributed by atoms with van der Waals surface area (Å²) in [6, 6.07) is 0.678. The Morgan fingerprint density at radius 2 is 2.14 bits per heavy atom. The van der Waals surface area contributed by atoms with Crippen LogP contribution in [0.5, 0.6) is 0 Å². The summed E-state index contributed by atoms with van der Waals surface area (Å²) in [4.78, 5) is 23.9. The largest absolute Gasteiger partial charge is 0.366 e. The summed E-state index contributed by atoms with van der Waals surface area (Å²) in [6.45, 7) is 1.34. The average molecular weight is 202 g/mol. The number of alkyl halides is 2. The fourth-order valence-corrected chi connectivity index (χ4v) is 1.21. The van der Waals surface area contributed by atoms with E-state index in [1.165, 1.54) is 6.92 Å². The van der Waals surface area contributed by atoms with Gasteiger partial charge in [-0.15, -0.1) is 0 Å². The van der Waals surface area contributed by atoms with Gasteiger partial charge in [-0.2, -0.15) is 0 Å². The molecule has 1 aromatic heterocycles. The van der Waals surface area contributed by atoms with Gasteiger partial charge in [0.05, 0.1) is 5.56 Å². The van der Waals surface area contributed by atoms with E-state index in [4.69, 9.17) is 5.73 Å². The van der Waals surface area contributed by atoms with E-state index < -0.39 is 23.5 Å². The molecule has 0 atom stereocenters. The Morgan fingerprint density at radius 1 is 1.57 bits per heavy atom. The van der Waals surface area contributed by atoms with Crippen molar-refractivity contribution in [3.05, 3.63) is 33.2 Å². The number of aromatic amines is 1. The number of carbonyl (C=O) groups excluding carboxylic acids is 1. The van der Waals surface area contributed by atoms with E-state index in [9.17, 15) is 18.4 Å². The van der Waals surface area contributed by atoms with Crippen molar-refractivity contribution in [2.24, 2.45) is 5.73 Å². The molecule has 0 aliphatic carbocycles. The molecule has 6 heteroatoms. The second-order valence-corrected chi connectivity index (χ2v) is 2.75. The predicted octanol–water partition coefficient (Wildman–Crippen LogP) is 0.720. The van der Waals surface area contributed by atoms with E-state index in [1.807, 2.05) is 0 Å². The number of nitrogens with two attached hydrogens (primary N) is 1. The molecular weight excluding hydrogens is 194 g/mol. The maximum absolute atomic E-state index is 12.4. The van der Waals surface area contributed by atoms with Crippen LogP contribution < -0.4 is 11.3 Å². The topological polar surface area (TPSA) is 75.9 Å². The van der Waals surface area contributed by atoms with Gasteiger partial charge in [0.15, 0.2) is 0 Å². The minimum Gasteiger partial charge on any atom is -0.366 e. The third-order valence-corrected chi connectivity index (χ3v) is 1.74. The van der Waals surface area contributed by atoms with Crippen LogP contribution in [0.25, 0.3) is 0 Å². The first kappa shape index (κ1) is 10.4. The number of nitrogens with one attached hydrogen (secondary N) is 1. The van der Waals surface area contributed by atoms with Crippen molar-refractivity contribution in [2.45, 2.75) is 13.3 Å². The fraction of sp³-hybridized carbons (Fsp3) is 0.250. The average Bonchev–Trinajstić information content (AvgIpc) is 2.01. The number of aryl methyl sites for hydroxylation is 1. The van der Waals surface area contributed by atoms with Gasteiger partial charge >= 0.3 is 0 Å². The van der Waals surface area contributed by atoms with Crippen molar-refractivity contribution < 1.29 is 13.6 Å². The van der Waals surface area contributed by atoms with Gasteiger partial charge in [-0.05, 0) is 6.92 Å². The van der Waals surface area contributed by atoms with Crippen molar-refractivity contribution in [2.75, 3.05) is 0 Å². The minimum absolute atomic E-state index is 0.0558. The van der Waals surface area contributed by atoms with E-state index in [-0.39, 0.29) is 11.3 Å². The Hall–Kier alpha value is -1.72. The smallest absolute Gasteiger partial charge is 0.264 e. The second kappa shape index (κ2) is 3.57. The highest BCUT2D eigenvalue weighted by Gasteiger charge is 2.19. The third-order valence-electron chi connectivity index (χ3n) is 1.74. The molecule has 76 valence electrons. The van der Waals surface area contributed by atoms with Crippen molar-refractivity contribution in [1.82, 2.24) is 4.98 Å². The molecular formula is C8H8F2N2O2. The number of amides is 1. The van der Waals surface area contributed by atoms with E-state index in [2.05, 4.69) is 4.98 Å². The Balaban J connectivity index is 3.52. The number of aromatic nitrogens is 1. The van der Waals surface area contributed by atoms with E-state index in [0.29, 0.717) is 6.07 Å². The first-order valence-electron chi connectivity index (χ1n) is 3.75. The molecule has 1 amide bonds.